The molecule has 194 valence electrons. The number of nitrogens with zero attached hydrogens (tertiary/aromatic N) is 2. The third-order valence-electron chi connectivity index (χ3n) is 5.09. The molecule has 3 aromatic carbocycles. The van der Waals surface area contributed by atoms with E-state index in [0.29, 0.717) is 40.6 Å². The van der Waals surface area contributed by atoms with E-state index in [1.165, 1.54) is 6.21 Å². The number of hydrazone groups is 1. The van der Waals surface area contributed by atoms with Gasteiger partial charge in [-0.1, -0.05) is 36.4 Å². The quantitative estimate of drug-likeness (QED) is 0.141. The lowest BCUT2D eigenvalue weighted by Gasteiger charge is -2.14. The van der Waals surface area contributed by atoms with Gasteiger partial charge in [0.1, 0.15) is 11.3 Å². The molecule has 1 heterocycles. The van der Waals surface area contributed by atoms with Crippen LogP contribution in [0.15, 0.2) is 84.1 Å². The van der Waals surface area contributed by atoms with E-state index >= 15 is 0 Å². The van der Waals surface area contributed by atoms with Gasteiger partial charge in [0.05, 0.1) is 16.4 Å². The highest BCUT2D eigenvalue weighted by atomic mass is 127. The van der Waals surface area contributed by atoms with E-state index in [1.54, 1.807) is 36.5 Å². The van der Waals surface area contributed by atoms with Crippen molar-refractivity contribution >= 4 is 57.2 Å². The van der Waals surface area contributed by atoms with E-state index in [-0.39, 0.29) is 19.1 Å². The predicted octanol–water partition coefficient (Wildman–Crippen LogP) is 4.78. The first kappa shape index (κ1) is 26.9. The van der Waals surface area contributed by atoms with Crippen molar-refractivity contribution in [3.8, 4) is 17.2 Å². The summed E-state index contributed by atoms with van der Waals surface area (Å²) in [5, 5.41) is 7.73. The number of benzene rings is 3. The minimum absolute atomic E-state index is 0.180. The molecule has 0 unspecified atom stereocenters. The van der Waals surface area contributed by atoms with E-state index < -0.39 is 5.91 Å². The van der Waals surface area contributed by atoms with Gasteiger partial charge in [0.25, 0.3) is 11.8 Å². The van der Waals surface area contributed by atoms with Crippen LogP contribution in [0.2, 0.25) is 0 Å². The predicted molar refractivity (Wildman–Crippen MR) is 154 cm³/mol. The number of carbonyl (C=O) groups excluding carboxylic acids is 2. The van der Waals surface area contributed by atoms with Crippen molar-refractivity contribution in [3.63, 3.8) is 0 Å². The van der Waals surface area contributed by atoms with Gasteiger partial charge in [-0.2, -0.15) is 5.10 Å². The number of para-hydroxylation sites is 2. The van der Waals surface area contributed by atoms with E-state index in [9.17, 15) is 9.59 Å². The molecule has 0 radical (unpaired) electrons. The second kappa shape index (κ2) is 13.4. The minimum Gasteiger partial charge on any atom is -0.490 e. The van der Waals surface area contributed by atoms with E-state index in [0.717, 1.165) is 8.96 Å². The number of anilines is 1. The molecule has 0 aliphatic carbocycles. The Kier molecular flexibility index (Phi) is 9.46. The molecule has 0 saturated carbocycles. The van der Waals surface area contributed by atoms with E-state index in [1.807, 2.05) is 49.4 Å². The summed E-state index contributed by atoms with van der Waals surface area (Å²) >= 11 is 2.10. The summed E-state index contributed by atoms with van der Waals surface area (Å²) < 4.78 is 17.9. The number of hydrogen-bond acceptors (Lipinski definition) is 7. The first-order valence-electron chi connectivity index (χ1n) is 11.8. The molecule has 4 rings (SSSR count). The van der Waals surface area contributed by atoms with E-state index in [2.05, 4.69) is 43.4 Å². The number of nitrogens with one attached hydrogen (secondary N) is 2. The lowest BCUT2D eigenvalue weighted by Crippen LogP contribution is -2.24. The van der Waals surface area contributed by atoms with Crippen molar-refractivity contribution in [3.05, 3.63) is 88.1 Å². The Balaban J connectivity index is 1.34. The summed E-state index contributed by atoms with van der Waals surface area (Å²) in [4.78, 5) is 28.9. The molecule has 4 aromatic rings. The van der Waals surface area contributed by atoms with Gasteiger partial charge in [0, 0.05) is 17.3 Å². The highest BCUT2D eigenvalue weighted by Gasteiger charge is 2.14. The second-order valence-electron chi connectivity index (χ2n) is 7.88. The highest BCUT2D eigenvalue weighted by molar-refractivity contribution is 14.1. The minimum atomic E-state index is -0.418. The van der Waals surface area contributed by atoms with Gasteiger partial charge in [-0.05, 0) is 71.5 Å². The van der Waals surface area contributed by atoms with Crippen LogP contribution in [0.5, 0.6) is 17.2 Å². The third-order valence-corrected chi connectivity index (χ3v) is 5.90. The van der Waals surface area contributed by atoms with Crippen molar-refractivity contribution in [2.45, 2.75) is 6.92 Å². The highest BCUT2D eigenvalue weighted by Crippen LogP contribution is 2.34. The fourth-order valence-electron chi connectivity index (χ4n) is 3.47. The number of aromatic nitrogens is 1. The monoisotopic (exact) mass is 624 g/mol. The fourth-order valence-corrected chi connectivity index (χ4v) is 4.25. The molecule has 0 atom stereocenters. The molecular formula is C28H25IN4O5. The van der Waals surface area contributed by atoms with Gasteiger partial charge >= 0.3 is 0 Å². The Morgan fingerprint density at radius 1 is 0.921 bits per heavy atom. The number of halogens is 1. The van der Waals surface area contributed by atoms with Crippen LogP contribution in [-0.2, 0) is 9.59 Å². The van der Waals surface area contributed by atoms with Crippen LogP contribution in [0.1, 0.15) is 12.5 Å². The first-order valence-corrected chi connectivity index (χ1v) is 12.8. The van der Waals surface area contributed by atoms with E-state index in [4.69, 9.17) is 14.2 Å². The van der Waals surface area contributed by atoms with Crippen LogP contribution in [-0.4, -0.2) is 42.8 Å². The second-order valence-corrected chi connectivity index (χ2v) is 9.04. The molecule has 0 saturated heterocycles. The molecule has 2 N–H and O–H groups in total. The SMILES string of the molecule is CCOc1cc(/C=N/NC(=O)COc2cccc3cccnc23)cc(I)c1OCC(=O)Nc1ccccc1. The lowest BCUT2D eigenvalue weighted by atomic mass is 10.2. The maximum Gasteiger partial charge on any atom is 0.277 e. The molecule has 2 amide bonds. The summed E-state index contributed by atoms with van der Waals surface area (Å²) in [6.45, 7) is 1.86. The third kappa shape index (κ3) is 7.42. The number of carbonyl (C=O) groups is 2. The Bertz CT molecular complexity index is 1440. The molecule has 38 heavy (non-hydrogen) atoms. The van der Waals surface area contributed by atoms with Crippen molar-refractivity contribution < 1.29 is 23.8 Å². The average molecular weight is 624 g/mol. The maximum atomic E-state index is 12.3. The summed E-state index contributed by atoms with van der Waals surface area (Å²) in [6, 6.07) is 22.0. The van der Waals surface area contributed by atoms with Crippen molar-refractivity contribution in [2.75, 3.05) is 25.1 Å². The van der Waals surface area contributed by atoms with Gasteiger partial charge in [-0.25, -0.2) is 5.43 Å². The zero-order valence-corrected chi connectivity index (χ0v) is 22.7. The summed E-state index contributed by atoms with van der Waals surface area (Å²) in [6.07, 6.45) is 3.17. The topological polar surface area (TPSA) is 111 Å². The van der Waals surface area contributed by atoms with Crippen LogP contribution in [0.3, 0.4) is 0 Å². The number of ether oxygens (including phenoxy) is 3. The number of hydrogen-bond donors (Lipinski definition) is 2. The van der Waals surface area contributed by atoms with Crippen LogP contribution in [0.4, 0.5) is 5.69 Å². The zero-order chi connectivity index (χ0) is 26.7. The Labute approximate surface area is 233 Å². The molecule has 10 heteroatoms. The number of amides is 2. The van der Waals surface area contributed by atoms with Crippen LogP contribution >= 0.6 is 22.6 Å². The number of pyridine rings is 1. The molecule has 9 nitrogen and oxygen atoms in total. The van der Waals surface area contributed by atoms with Gasteiger partial charge in [-0.3, -0.25) is 14.6 Å². The summed E-state index contributed by atoms with van der Waals surface area (Å²) in [7, 11) is 0. The van der Waals surface area contributed by atoms with Gasteiger partial charge < -0.3 is 19.5 Å². The molecule has 0 spiro atoms. The summed E-state index contributed by atoms with van der Waals surface area (Å²) in [5.74, 6) is 0.731. The van der Waals surface area contributed by atoms with Gasteiger partial charge in [0.15, 0.2) is 24.7 Å². The smallest absolute Gasteiger partial charge is 0.277 e. The van der Waals surface area contributed by atoms with Crippen LogP contribution < -0.4 is 25.0 Å². The largest absolute Gasteiger partial charge is 0.490 e. The average Bonchev–Trinajstić information content (AvgIpc) is 2.92. The lowest BCUT2D eigenvalue weighted by molar-refractivity contribution is -0.123. The van der Waals surface area contributed by atoms with Crippen molar-refractivity contribution in [1.29, 1.82) is 0 Å². The first-order chi connectivity index (χ1) is 18.5. The maximum absolute atomic E-state index is 12.3. The van der Waals surface area contributed by atoms with Crippen molar-refractivity contribution in [1.82, 2.24) is 10.4 Å². The molecule has 0 fully saturated rings. The van der Waals surface area contributed by atoms with Crippen LogP contribution in [0.25, 0.3) is 10.9 Å². The van der Waals surface area contributed by atoms with Crippen LogP contribution in [0, 0.1) is 3.57 Å². The Morgan fingerprint density at radius 2 is 1.71 bits per heavy atom. The van der Waals surface area contributed by atoms with Gasteiger partial charge in [-0.15, -0.1) is 0 Å². The van der Waals surface area contributed by atoms with Gasteiger partial charge in [0.2, 0.25) is 0 Å². The molecule has 0 bridgehead atoms. The standard InChI is InChI=1S/C28H25IN4O5/c1-2-36-24-15-19(14-22(29)28(24)38-17-25(34)32-21-10-4-3-5-11-21)16-31-33-26(35)18-37-23-12-6-8-20-9-7-13-30-27(20)23/h3-16H,2,17-18H2,1H3,(H,32,34)(H,33,35)/b31-16+. The fraction of sp³-hybridized carbons (Fsp3) is 0.143. The molecule has 0 aliphatic heterocycles. The Morgan fingerprint density at radius 3 is 2.53 bits per heavy atom. The zero-order valence-electron chi connectivity index (χ0n) is 20.5. The molecular weight excluding hydrogens is 599 g/mol. The number of rotatable bonds is 11. The molecule has 1 aromatic heterocycles. The molecule has 0 aliphatic rings. The normalized spacial score (nSPS) is 10.8. The Hall–Kier alpha value is -4.19. The number of fused-ring (bicyclic) bond motifs is 1. The summed E-state index contributed by atoms with van der Waals surface area (Å²) in [5.41, 5.74) is 4.51. The van der Waals surface area contributed by atoms with Crippen molar-refractivity contribution in [2.24, 2.45) is 5.10 Å².